The summed E-state index contributed by atoms with van der Waals surface area (Å²) in [5.41, 5.74) is 1.84. The third-order valence-corrected chi connectivity index (χ3v) is 5.82. The zero-order chi connectivity index (χ0) is 17.6. The molecule has 0 saturated heterocycles. The van der Waals surface area contributed by atoms with E-state index in [0.717, 1.165) is 23.7 Å². The second-order valence-electron chi connectivity index (χ2n) is 5.74. The first kappa shape index (κ1) is 18.6. The van der Waals surface area contributed by atoms with Crippen molar-refractivity contribution >= 4 is 15.9 Å². The number of carbonyl (C=O) groups is 1. The van der Waals surface area contributed by atoms with Gasteiger partial charge in [-0.1, -0.05) is 16.1 Å². The molecule has 0 saturated carbocycles. The quantitative estimate of drug-likeness (QED) is 0.604. The van der Waals surface area contributed by atoms with Crippen LogP contribution in [0.15, 0.2) is 40.8 Å². The number of benzene rings is 1. The molecule has 132 valence electrons. The topological polar surface area (TPSA) is 75.7 Å². The van der Waals surface area contributed by atoms with Crippen molar-refractivity contribution in [3.05, 3.63) is 41.5 Å². The van der Waals surface area contributed by atoms with E-state index < -0.39 is 10.0 Å². The molecule has 0 spiro atoms. The van der Waals surface area contributed by atoms with Gasteiger partial charge in [0.15, 0.2) is 0 Å². The third-order valence-electron chi connectivity index (χ3n) is 4.13. The molecule has 24 heavy (non-hydrogen) atoms. The number of rotatable bonds is 7. The molecular weight excluding hydrogens is 328 g/mol. The van der Waals surface area contributed by atoms with Crippen molar-refractivity contribution in [2.75, 3.05) is 20.7 Å². The molecule has 1 aliphatic carbocycles. The van der Waals surface area contributed by atoms with Gasteiger partial charge in [-0.15, -0.1) is 0 Å². The first-order valence-corrected chi connectivity index (χ1v) is 9.48. The third kappa shape index (κ3) is 4.66. The molecule has 7 heteroatoms. The molecule has 0 atom stereocenters. The van der Waals surface area contributed by atoms with Gasteiger partial charge >= 0.3 is 0 Å². The molecule has 2 rings (SSSR count). The molecule has 1 N–H and O–H groups in total. The van der Waals surface area contributed by atoms with Gasteiger partial charge in [-0.2, -0.15) is 0 Å². The maximum Gasteiger partial charge on any atom is 0.264 e. The van der Waals surface area contributed by atoms with Crippen LogP contribution in [0.5, 0.6) is 0 Å². The van der Waals surface area contributed by atoms with Crippen LogP contribution in [0.1, 0.15) is 42.5 Å². The molecule has 1 aromatic rings. The van der Waals surface area contributed by atoms with Crippen molar-refractivity contribution in [1.29, 1.82) is 0 Å². The largest absolute Gasteiger partial charge is 0.352 e. The Kier molecular flexibility index (Phi) is 6.53. The maximum absolute atomic E-state index is 12.1. The Labute approximate surface area is 143 Å². The van der Waals surface area contributed by atoms with E-state index in [-0.39, 0.29) is 10.8 Å². The molecule has 0 radical (unpaired) electrons. The maximum atomic E-state index is 12.1. The zero-order valence-corrected chi connectivity index (χ0v) is 14.9. The lowest BCUT2D eigenvalue weighted by Gasteiger charge is -2.14. The van der Waals surface area contributed by atoms with Crippen molar-refractivity contribution in [3.63, 3.8) is 0 Å². The number of hydrogen-bond acceptors (Lipinski definition) is 4. The predicted octanol–water partition coefficient (Wildman–Crippen LogP) is 2.49. The number of nitrogens with one attached hydrogen (secondary N) is 1. The van der Waals surface area contributed by atoms with Gasteiger partial charge in [0.05, 0.1) is 12.0 Å². The van der Waals surface area contributed by atoms with E-state index in [0.29, 0.717) is 12.1 Å². The summed E-state index contributed by atoms with van der Waals surface area (Å²) >= 11 is 0. The summed E-state index contributed by atoms with van der Waals surface area (Å²) in [6.07, 6.45) is 7.87. The van der Waals surface area contributed by atoms with Gasteiger partial charge in [-0.3, -0.25) is 9.63 Å². The summed E-state index contributed by atoms with van der Waals surface area (Å²) in [5.74, 6) is -0.199. The zero-order valence-electron chi connectivity index (χ0n) is 14.1. The molecule has 0 unspecified atom stereocenters. The molecule has 6 nitrogen and oxygen atoms in total. The Morgan fingerprint density at radius 2 is 1.96 bits per heavy atom. The number of carbonyl (C=O) groups excluding carboxylic acids is 1. The Morgan fingerprint density at radius 1 is 1.25 bits per heavy atom. The number of hydrogen-bond donors (Lipinski definition) is 1. The molecular formula is C17H24N2O4S. The minimum Gasteiger partial charge on any atom is -0.352 e. The molecule has 0 heterocycles. The number of allylic oxidation sites excluding steroid dienone is 1. The molecule has 1 aromatic carbocycles. The van der Waals surface area contributed by atoms with Gasteiger partial charge in [0, 0.05) is 19.2 Å². The minimum absolute atomic E-state index is 0.0794. The van der Waals surface area contributed by atoms with E-state index in [9.17, 15) is 13.2 Å². The average Bonchev–Trinajstić information content (AvgIpc) is 2.61. The Bertz CT molecular complexity index is 696. The van der Waals surface area contributed by atoms with Crippen LogP contribution >= 0.6 is 0 Å². The highest BCUT2D eigenvalue weighted by atomic mass is 32.2. The van der Waals surface area contributed by atoms with Crippen molar-refractivity contribution in [1.82, 2.24) is 9.79 Å². The van der Waals surface area contributed by atoms with Crippen molar-refractivity contribution in [3.8, 4) is 0 Å². The van der Waals surface area contributed by atoms with E-state index in [1.807, 2.05) is 0 Å². The molecule has 0 aliphatic heterocycles. The fourth-order valence-corrected chi connectivity index (χ4v) is 3.57. The smallest absolute Gasteiger partial charge is 0.264 e. The number of amides is 1. The summed E-state index contributed by atoms with van der Waals surface area (Å²) in [6.45, 7) is 0.594. The van der Waals surface area contributed by atoms with Crippen LogP contribution in [0.2, 0.25) is 0 Å². The van der Waals surface area contributed by atoms with E-state index in [2.05, 4.69) is 11.4 Å². The fourth-order valence-electron chi connectivity index (χ4n) is 2.60. The van der Waals surface area contributed by atoms with Crippen LogP contribution in [0.25, 0.3) is 0 Å². The van der Waals surface area contributed by atoms with Gasteiger partial charge in [-0.25, -0.2) is 8.42 Å². The second-order valence-corrected chi connectivity index (χ2v) is 7.67. The number of hydroxylamine groups is 1. The summed E-state index contributed by atoms with van der Waals surface area (Å²) in [6, 6.07) is 5.82. The number of nitrogens with zero attached hydrogens (tertiary/aromatic N) is 1. The summed E-state index contributed by atoms with van der Waals surface area (Å²) < 4.78 is 24.9. The molecule has 0 bridgehead atoms. The molecule has 1 aliphatic rings. The Balaban J connectivity index is 1.92. The normalized spacial score (nSPS) is 15.2. The second kappa shape index (κ2) is 8.41. The van der Waals surface area contributed by atoms with Crippen LogP contribution in [0, 0.1) is 0 Å². The number of sulfonamides is 1. The predicted molar refractivity (Wildman–Crippen MR) is 91.9 cm³/mol. The summed E-state index contributed by atoms with van der Waals surface area (Å²) in [5, 5.41) is 2.87. The van der Waals surface area contributed by atoms with Gasteiger partial charge in [-0.05, 0) is 56.4 Å². The van der Waals surface area contributed by atoms with Crippen LogP contribution < -0.4 is 5.32 Å². The minimum atomic E-state index is -3.69. The lowest BCUT2D eigenvalue weighted by atomic mass is 9.97. The van der Waals surface area contributed by atoms with Crippen LogP contribution in [0.4, 0.5) is 0 Å². The molecule has 0 aromatic heterocycles. The Morgan fingerprint density at radius 3 is 2.54 bits per heavy atom. The van der Waals surface area contributed by atoms with Gasteiger partial charge in [0.2, 0.25) is 0 Å². The van der Waals surface area contributed by atoms with Crippen LogP contribution in [-0.2, 0) is 14.9 Å². The standard InChI is InChI=1S/C17H24N2O4S/c1-19(23-2)24(21,22)16-10-8-15(9-11-16)17(20)18-13-12-14-6-4-3-5-7-14/h6,8-11H,3-5,7,12-13H2,1-2H3,(H,18,20). The summed E-state index contributed by atoms with van der Waals surface area (Å²) in [7, 11) is -1.10. The van der Waals surface area contributed by atoms with Gasteiger partial charge < -0.3 is 5.32 Å². The van der Waals surface area contributed by atoms with Gasteiger partial charge in [0.25, 0.3) is 15.9 Å². The van der Waals surface area contributed by atoms with Crippen molar-refractivity contribution in [2.45, 2.75) is 37.0 Å². The fraction of sp³-hybridized carbons (Fsp3) is 0.471. The van der Waals surface area contributed by atoms with Crippen molar-refractivity contribution in [2.24, 2.45) is 0 Å². The lowest BCUT2D eigenvalue weighted by Crippen LogP contribution is -2.26. The molecule has 0 fully saturated rings. The van der Waals surface area contributed by atoms with E-state index >= 15 is 0 Å². The van der Waals surface area contributed by atoms with Crippen LogP contribution in [0.3, 0.4) is 0 Å². The highest BCUT2D eigenvalue weighted by Gasteiger charge is 2.20. The SMILES string of the molecule is CON(C)S(=O)(=O)c1ccc(C(=O)NCCC2=CCCCC2)cc1. The highest BCUT2D eigenvalue weighted by Crippen LogP contribution is 2.19. The van der Waals surface area contributed by atoms with Gasteiger partial charge in [0.1, 0.15) is 0 Å². The Hall–Kier alpha value is -1.70. The first-order valence-electron chi connectivity index (χ1n) is 8.04. The van der Waals surface area contributed by atoms with Crippen molar-refractivity contribution < 1.29 is 18.0 Å². The lowest BCUT2D eigenvalue weighted by molar-refractivity contribution is -0.0258. The summed E-state index contributed by atoms with van der Waals surface area (Å²) in [4.78, 5) is 16.9. The van der Waals surface area contributed by atoms with E-state index in [1.54, 1.807) is 0 Å². The highest BCUT2D eigenvalue weighted by molar-refractivity contribution is 7.89. The van der Waals surface area contributed by atoms with Crippen LogP contribution in [-0.4, -0.2) is 39.5 Å². The molecule has 1 amide bonds. The first-order chi connectivity index (χ1) is 11.4. The van der Waals surface area contributed by atoms with E-state index in [4.69, 9.17) is 4.84 Å². The monoisotopic (exact) mass is 352 g/mol. The van der Waals surface area contributed by atoms with E-state index in [1.165, 1.54) is 56.8 Å². The average molecular weight is 352 g/mol.